The zero-order valence-electron chi connectivity index (χ0n) is 11.1. The number of anilines is 1. The van der Waals surface area contributed by atoms with Crippen LogP contribution in [-0.2, 0) is 4.79 Å². The molecule has 0 bridgehead atoms. The lowest BCUT2D eigenvalue weighted by Gasteiger charge is -2.20. The Kier molecular flexibility index (Phi) is 6.29. The van der Waals surface area contributed by atoms with Crippen molar-refractivity contribution in [3.8, 4) is 0 Å². The van der Waals surface area contributed by atoms with E-state index in [1.54, 1.807) is 25.1 Å². The predicted octanol–water partition coefficient (Wildman–Crippen LogP) is 3.72. The monoisotopic (exact) mass is 362 g/mol. The van der Waals surface area contributed by atoms with Gasteiger partial charge in [0.1, 0.15) is 6.04 Å². The van der Waals surface area contributed by atoms with Gasteiger partial charge < -0.3 is 15.7 Å². The normalized spacial score (nSPS) is 13.4. The number of hydrogen-bond donors (Lipinski definition) is 3. The molecule has 0 fully saturated rings. The number of carbonyl (C=O) groups excluding carboxylic acids is 1. The first kappa shape index (κ1) is 16.8. The minimum absolute atomic E-state index is 0.170. The van der Waals surface area contributed by atoms with E-state index in [0.29, 0.717) is 17.1 Å². The predicted molar refractivity (Wildman–Crippen MR) is 82.2 cm³/mol. The van der Waals surface area contributed by atoms with Crippen molar-refractivity contribution in [2.45, 2.75) is 26.3 Å². The maximum Gasteiger partial charge on any atom is 0.326 e. The SMILES string of the molecule is CCC(C)[C@H](NC(=O)Nc1cc(Br)ccc1Cl)C(=O)O. The number of rotatable bonds is 5. The van der Waals surface area contributed by atoms with Crippen molar-refractivity contribution in [2.24, 2.45) is 5.92 Å². The van der Waals surface area contributed by atoms with Gasteiger partial charge in [0.05, 0.1) is 10.7 Å². The second kappa shape index (κ2) is 7.50. The van der Waals surface area contributed by atoms with Gasteiger partial charge in [0.2, 0.25) is 0 Å². The van der Waals surface area contributed by atoms with Crippen molar-refractivity contribution in [2.75, 3.05) is 5.32 Å². The van der Waals surface area contributed by atoms with Crippen LogP contribution in [-0.4, -0.2) is 23.1 Å². The first-order chi connectivity index (χ1) is 9.35. The molecule has 110 valence electrons. The number of benzene rings is 1. The third kappa shape index (κ3) is 4.68. The average Bonchev–Trinajstić information content (AvgIpc) is 2.39. The maximum atomic E-state index is 11.9. The molecule has 0 aliphatic rings. The summed E-state index contributed by atoms with van der Waals surface area (Å²) in [6.07, 6.45) is 0.648. The Morgan fingerprint density at radius 3 is 2.65 bits per heavy atom. The molecule has 0 radical (unpaired) electrons. The molecule has 1 aromatic rings. The van der Waals surface area contributed by atoms with Gasteiger partial charge in [0, 0.05) is 4.47 Å². The second-order valence-corrected chi connectivity index (χ2v) is 5.75. The van der Waals surface area contributed by atoms with E-state index in [2.05, 4.69) is 26.6 Å². The Bertz CT molecular complexity index is 510. The largest absolute Gasteiger partial charge is 0.480 e. The number of carbonyl (C=O) groups is 2. The third-order valence-electron chi connectivity index (χ3n) is 2.94. The van der Waals surface area contributed by atoms with Crippen LogP contribution < -0.4 is 10.6 Å². The minimum atomic E-state index is -1.06. The zero-order valence-corrected chi connectivity index (χ0v) is 13.5. The van der Waals surface area contributed by atoms with Crippen LogP contribution in [0.1, 0.15) is 20.3 Å². The number of aliphatic carboxylic acids is 1. The van der Waals surface area contributed by atoms with E-state index < -0.39 is 18.0 Å². The first-order valence-electron chi connectivity index (χ1n) is 6.10. The average molecular weight is 364 g/mol. The van der Waals surface area contributed by atoms with Crippen LogP contribution in [0, 0.1) is 5.92 Å². The van der Waals surface area contributed by atoms with Gasteiger partial charge in [0.15, 0.2) is 0 Å². The molecular weight excluding hydrogens is 348 g/mol. The molecule has 0 aromatic heterocycles. The van der Waals surface area contributed by atoms with E-state index in [1.807, 2.05) is 6.92 Å². The molecule has 20 heavy (non-hydrogen) atoms. The Morgan fingerprint density at radius 1 is 1.45 bits per heavy atom. The summed E-state index contributed by atoms with van der Waals surface area (Å²) in [4.78, 5) is 23.0. The summed E-state index contributed by atoms with van der Waals surface area (Å²) in [5.41, 5.74) is 0.409. The summed E-state index contributed by atoms with van der Waals surface area (Å²) in [6, 6.07) is 3.47. The molecule has 2 amide bonds. The second-order valence-electron chi connectivity index (χ2n) is 4.42. The molecule has 0 heterocycles. The van der Waals surface area contributed by atoms with E-state index >= 15 is 0 Å². The Morgan fingerprint density at radius 2 is 2.10 bits per heavy atom. The van der Waals surface area contributed by atoms with Crippen molar-refractivity contribution in [3.05, 3.63) is 27.7 Å². The molecule has 0 saturated heterocycles. The van der Waals surface area contributed by atoms with Crippen LogP contribution in [0.2, 0.25) is 5.02 Å². The number of urea groups is 1. The van der Waals surface area contributed by atoms with E-state index in [-0.39, 0.29) is 5.92 Å². The summed E-state index contributed by atoms with van der Waals surface area (Å²) in [5, 5.41) is 14.5. The lowest BCUT2D eigenvalue weighted by Crippen LogP contribution is -2.46. The number of hydrogen-bond acceptors (Lipinski definition) is 2. The molecule has 5 nitrogen and oxygen atoms in total. The van der Waals surface area contributed by atoms with E-state index in [0.717, 1.165) is 4.47 Å². The molecule has 0 spiro atoms. The van der Waals surface area contributed by atoms with Gasteiger partial charge in [-0.3, -0.25) is 0 Å². The van der Waals surface area contributed by atoms with Crippen molar-refractivity contribution < 1.29 is 14.7 Å². The number of carboxylic acid groups (broad SMARTS) is 1. The summed E-state index contributed by atoms with van der Waals surface area (Å²) >= 11 is 9.22. The molecule has 3 N–H and O–H groups in total. The highest BCUT2D eigenvalue weighted by Crippen LogP contribution is 2.25. The van der Waals surface area contributed by atoms with E-state index in [4.69, 9.17) is 16.7 Å². The fraction of sp³-hybridized carbons (Fsp3) is 0.385. The highest BCUT2D eigenvalue weighted by molar-refractivity contribution is 9.10. The molecule has 1 aromatic carbocycles. The number of carboxylic acids is 1. The highest BCUT2D eigenvalue weighted by Gasteiger charge is 2.25. The summed E-state index contributed by atoms with van der Waals surface area (Å²) < 4.78 is 0.758. The highest BCUT2D eigenvalue weighted by atomic mass is 79.9. The fourth-order valence-electron chi connectivity index (χ4n) is 1.58. The topological polar surface area (TPSA) is 78.4 Å². The lowest BCUT2D eigenvalue weighted by atomic mass is 9.99. The fourth-order valence-corrected chi connectivity index (χ4v) is 2.10. The van der Waals surface area contributed by atoms with Gasteiger partial charge in [-0.05, 0) is 24.1 Å². The van der Waals surface area contributed by atoms with E-state index in [1.165, 1.54) is 0 Å². The molecule has 0 aliphatic carbocycles. The molecular formula is C13H16BrClN2O3. The molecule has 7 heteroatoms. The molecule has 1 rings (SSSR count). The van der Waals surface area contributed by atoms with Crippen LogP contribution in [0.4, 0.5) is 10.5 Å². The standard InChI is InChI=1S/C13H16BrClN2O3/c1-3-7(2)11(12(18)19)17-13(20)16-10-6-8(14)4-5-9(10)15/h4-7,11H,3H2,1-2H3,(H,18,19)(H2,16,17,20)/t7?,11-/m0/s1. The molecule has 0 saturated carbocycles. The van der Waals surface area contributed by atoms with Gasteiger partial charge in [-0.1, -0.05) is 47.8 Å². The Balaban J connectivity index is 2.75. The Hall–Kier alpha value is -1.27. The first-order valence-corrected chi connectivity index (χ1v) is 7.27. The smallest absolute Gasteiger partial charge is 0.326 e. The lowest BCUT2D eigenvalue weighted by molar-refractivity contribution is -0.140. The van der Waals surface area contributed by atoms with Gasteiger partial charge in [-0.15, -0.1) is 0 Å². The van der Waals surface area contributed by atoms with Crippen LogP contribution in [0.5, 0.6) is 0 Å². The van der Waals surface area contributed by atoms with Crippen molar-refractivity contribution in [3.63, 3.8) is 0 Å². The minimum Gasteiger partial charge on any atom is -0.480 e. The number of amides is 2. The molecule has 0 aliphatic heterocycles. The zero-order chi connectivity index (χ0) is 15.3. The van der Waals surface area contributed by atoms with Gasteiger partial charge >= 0.3 is 12.0 Å². The van der Waals surface area contributed by atoms with Crippen LogP contribution in [0.3, 0.4) is 0 Å². The summed E-state index contributed by atoms with van der Waals surface area (Å²) in [7, 11) is 0. The summed E-state index contributed by atoms with van der Waals surface area (Å²) in [6.45, 7) is 3.64. The van der Waals surface area contributed by atoms with Gasteiger partial charge in [-0.25, -0.2) is 9.59 Å². The number of halogens is 2. The van der Waals surface area contributed by atoms with Crippen LogP contribution in [0.15, 0.2) is 22.7 Å². The third-order valence-corrected chi connectivity index (χ3v) is 3.77. The van der Waals surface area contributed by atoms with E-state index in [9.17, 15) is 9.59 Å². The van der Waals surface area contributed by atoms with Crippen LogP contribution >= 0.6 is 27.5 Å². The van der Waals surface area contributed by atoms with Crippen molar-refractivity contribution in [1.29, 1.82) is 0 Å². The summed E-state index contributed by atoms with van der Waals surface area (Å²) in [5.74, 6) is -1.23. The van der Waals surface area contributed by atoms with Crippen molar-refractivity contribution in [1.82, 2.24) is 5.32 Å². The van der Waals surface area contributed by atoms with Crippen LogP contribution in [0.25, 0.3) is 0 Å². The van der Waals surface area contributed by atoms with Gasteiger partial charge in [0.25, 0.3) is 0 Å². The quantitative estimate of drug-likeness (QED) is 0.746. The van der Waals surface area contributed by atoms with Gasteiger partial charge in [-0.2, -0.15) is 0 Å². The van der Waals surface area contributed by atoms with Crippen molar-refractivity contribution >= 4 is 45.2 Å². The molecule has 2 atom stereocenters. The number of nitrogens with one attached hydrogen (secondary N) is 2. The Labute approximate surface area is 130 Å². The maximum absolute atomic E-state index is 11.9. The molecule has 1 unspecified atom stereocenters.